The molecule has 2 aromatic carbocycles. The predicted octanol–water partition coefficient (Wildman–Crippen LogP) is 5.72. The Balaban J connectivity index is 1.89. The number of methoxy groups -OCH3 is 1. The van der Waals surface area contributed by atoms with Crippen LogP contribution in [-0.2, 0) is 10.3 Å². The lowest BCUT2D eigenvalue weighted by molar-refractivity contribution is -0.0559. The second kappa shape index (κ2) is 14.7. The summed E-state index contributed by atoms with van der Waals surface area (Å²) >= 11 is 0. The summed E-state index contributed by atoms with van der Waals surface area (Å²) in [6.07, 6.45) is 5.08. The molecule has 0 spiro atoms. The zero-order chi connectivity index (χ0) is 27.5. The van der Waals surface area contributed by atoms with E-state index in [0.29, 0.717) is 25.5 Å². The summed E-state index contributed by atoms with van der Waals surface area (Å²) in [7, 11) is 3.64. The predicted molar refractivity (Wildman–Crippen MR) is 156 cm³/mol. The number of aryl methyl sites for hydroxylation is 1. The van der Waals surface area contributed by atoms with Crippen LogP contribution in [0.25, 0.3) is 11.1 Å². The number of nitrogens with zero attached hydrogens (tertiary/aromatic N) is 1. The SMILES string of the molecule is CNCC(CC(C)C)NC(=O)N1CCCC(C(O)(CCCCOC)c2ccccc2-c2ccc(C)cc2)C1. The fourth-order valence-corrected chi connectivity index (χ4v) is 5.87. The van der Waals surface area contributed by atoms with E-state index in [2.05, 4.69) is 67.8 Å². The van der Waals surface area contributed by atoms with Crippen LogP contribution < -0.4 is 10.6 Å². The van der Waals surface area contributed by atoms with E-state index in [1.807, 2.05) is 24.1 Å². The molecule has 3 rings (SSSR count). The highest BCUT2D eigenvalue weighted by atomic mass is 16.5. The number of carbonyl (C=O) groups excluding carboxylic acids is 1. The molecule has 2 amide bonds. The number of piperidine rings is 1. The highest BCUT2D eigenvalue weighted by molar-refractivity contribution is 5.75. The number of likely N-dealkylation sites (N-methyl/N-ethyl adjacent to an activating group) is 1. The molecule has 0 aromatic heterocycles. The molecule has 0 saturated carbocycles. The van der Waals surface area contributed by atoms with Crippen molar-refractivity contribution in [2.75, 3.05) is 40.4 Å². The van der Waals surface area contributed by atoms with E-state index >= 15 is 0 Å². The van der Waals surface area contributed by atoms with Gasteiger partial charge in [-0.15, -0.1) is 0 Å². The first kappa shape index (κ1) is 30.1. The smallest absolute Gasteiger partial charge is 0.317 e. The second-order valence-electron chi connectivity index (χ2n) is 11.4. The van der Waals surface area contributed by atoms with Gasteiger partial charge in [-0.2, -0.15) is 0 Å². The average molecular weight is 524 g/mol. The monoisotopic (exact) mass is 523 g/mol. The zero-order valence-electron chi connectivity index (χ0n) is 24.1. The molecule has 210 valence electrons. The highest BCUT2D eigenvalue weighted by Crippen LogP contribution is 2.43. The number of urea groups is 1. The Bertz CT molecular complexity index is 994. The quantitative estimate of drug-likeness (QED) is 0.294. The lowest BCUT2D eigenvalue weighted by atomic mass is 9.72. The number of hydrogen-bond acceptors (Lipinski definition) is 4. The van der Waals surface area contributed by atoms with E-state index in [-0.39, 0.29) is 18.0 Å². The number of likely N-dealkylation sites (tertiary alicyclic amines) is 1. The summed E-state index contributed by atoms with van der Waals surface area (Å²) in [4.78, 5) is 15.3. The van der Waals surface area contributed by atoms with Crippen LogP contribution in [0.15, 0.2) is 48.5 Å². The van der Waals surface area contributed by atoms with Crippen molar-refractivity contribution in [3.63, 3.8) is 0 Å². The van der Waals surface area contributed by atoms with Crippen molar-refractivity contribution < 1.29 is 14.6 Å². The molecule has 1 saturated heterocycles. The summed E-state index contributed by atoms with van der Waals surface area (Å²) in [5, 5.41) is 19.0. The minimum Gasteiger partial charge on any atom is -0.385 e. The fraction of sp³-hybridized carbons (Fsp3) is 0.594. The van der Waals surface area contributed by atoms with Gasteiger partial charge >= 0.3 is 6.03 Å². The molecule has 6 nitrogen and oxygen atoms in total. The molecule has 0 aliphatic carbocycles. The van der Waals surface area contributed by atoms with E-state index in [0.717, 1.165) is 61.9 Å². The Hall–Kier alpha value is -2.41. The molecule has 1 aliphatic heterocycles. The van der Waals surface area contributed by atoms with Gasteiger partial charge in [0.05, 0.1) is 5.60 Å². The van der Waals surface area contributed by atoms with Crippen LogP contribution in [0.3, 0.4) is 0 Å². The molecule has 3 unspecified atom stereocenters. The molecule has 3 N–H and O–H groups in total. The van der Waals surface area contributed by atoms with Crippen LogP contribution in [0.4, 0.5) is 4.79 Å². The van der Waals surface area contributed by atoms with Gasteiger partial charge in [-0.1, -0.05) is 67.9 Å². The summed E-state index contributed by atoms with van der Waals surface area (Å²) in [6.45, 7) is 9.14. The van der Waals surface area contributed by atoms with E-state index in [9.17, 15) is 9.90 Å². The van der Waals surface area contributed by atoms with Gasteiger partial charge < -0.3 is 25.4 Å². The molecule has 1 fully saturated rings. The molecule has 0 bridgehead atoms. The van der Waals surface area contributed by atoms with E-state index in [1.165, 1.54) is 5.56 Å². The summed E-state index contributed by atoms with van der Waals surface area (Å²) < 4.78 is 5.30. The van der Waals surface area contributed by atoms with Crippen LogP contribution >= 0.6 is 0 Å². The van der Waals surface area contributed by atoms with Crippen LogP contribution in [-0.4, -0.2) is 62.5 Å². The Morgan fingerprint density at radius 2 is 1.89 bits per heavy atom. The number of nitrogens with one attached hydrogen (secondary N) is 2. The summed E-state index contributed by atoms with van der Waals surface area (Å²) in [6, 6.07) is 16.8. The normalized spacial score (nSPS) is 18.3. The minimum absolute atomic E-state index is 0.0239. The number of aliphatic hydroxyl groups is 1. The van der Waals surface area contributed by atoms with Crippen LogP contribution in [0, 0.1) is 18.8 Å². The largest absolute Gasteiger partial charge is 0.385 e. The number of benzene rings is 2. The van der Waals surface area contributed by atoms with E-state index in [4.69, 9.17) is 4.74 Å². The van der Waals surface area contributed by atoms with Crippen molar-refractivity contribution in [1.29, 1.82) is 0 Å². The lowest BCUT2D eigenvalue weighted by Gasteiger charge is -2.44. The van der Waals surface area contributed by atoms with Crippen LogP contribution in [0.5, 0.6) is 0 Å². The number of unbranched alkanes of at least 4 members (excludes halogenated alkanes) is 1. The Labute approximate surface area is 230 Å². The van der Waals surface area contributed by atoms with Gasteiger partial charge in [0.15, 0.2) is 0 Å². The van der Waals surface area contributed by atoms with Crippen LogP contribution in [0.2, 0.25) is 0 Å². The molecule has 1 aliphatic rings. The number of rotatable bonds is 13. The Morgan fingerprint density at radius 3 is 2.58 bits per heavy atom. The van der Waals surface area contributed by atoms with Gasteiger partial charge in [-0.25, -0.2) is 4.79 Å². The third-order valence-corrected chi connectivity index (χ3v) is 7.83. The third kappa shape index (κ3) is 8.05. The number of amides is 2. The van der Waals surface area contributed by atoms with Crippen LogP contribution in [0.1, 0.15) is 63.5 Å². The molecule has 0 radical (unpaired) electrons. The van der Waals surface area contributed by atoms with Gasteiger partial charge in [0, 0.05) is 45.3 Å². The van der Waals surface area contributed by atoms with Crippen molar-refractivity contribution in [2.24, 2.45) is 11.8 Å². The molecule has 3 atom stereocenters. The van der Waals surface area contributed by atoms with E-state index in [1.54, 1.807) is 7.11 Å². The molecule has 1 heterocycles. The minimum atomic E-state index is -1.05. The third-order valence-electron chi connectivity index (χ3n) is 7.83. The van der Waals surface area contributed by atoms with Crippen molar-refractivity contribution in [1.82, 2.24) is 15.5 Å². The topological polar surface area (TPSA) is 73.8 Å². The maximum atomic E-state index is 13.4. The van der Waals surface area contributed by atoms with Crippen molar-refractivity contribution in [3.05, 3.63) is 59.7 Å². The summed E-state index contributed by atoms with van der Waals surface area (Å²) in [5.41, 5.74) is 3.30. The van der Waals surface area contributed by atoms with E-state index < -0.39 is 5.60 Å². The average Bonchev–Trinajstić information content (AvgIpc) is 2.91. The van der Waals surface area contributed by atoms with Gasteiger partial charge in [0.2, 0.25) is 0 Å². The van der Waals surface area contributed by atoms with Gasteiger partial charge in [0.25, 0.3) is 0 Å². The molecule has 38 heavy (non-hydrogen) atoms. The Kier molecular flexibility index (Phi) is 11.6. The first-order chi connectivity index (χ1) is 18.3. The van der Waals surface area contributed by atoms with Gasteiger partial charge in [-0.05, 0) is 75.1 Å². The zero-order valence-corrected chi connectivity index (χ0v) is 24.1. The fourth-order valence-electron chi connectivity index (χ4n) is 5.87. The summed E-state index contributed by atoms with van der Waals surface area (Å²) in [5.74, 6) is 0.446. The second-order valence-corrected chi connectivity index (χ2v) is 11.4. The van der Waals surface area contributed by atoms with Crippen molar-refractivity contribution >= 4 is 6.03 Å². The molecular formula is C32H49N3O3. The maximum absolute atomic E-state index is 13.4. The maximum Gasteiger partial charge on any atom is 0.317 e. The number of hydrogen-bond donors (Lipinski definition) is 3. The standard InChI is InChI=1S/C32H49N3O3/c1-24(2)21-28(22-33-4)34-31(36)35-19-10-11-27(23-35)32(37,18-8-9-20-38-5)30-13-7-6-12-29(30)26-16-14-25(3)15-17-26/h6-7,12-17,24,27-28,33,37H,8-11,18-23H2,1-5H3,(H,34,36). The van der Waals surface area contributed by atoms with Gasteiger partial charge in [0.1, 0.15) is 0 Å². The van der Waals surface area contributed by atoms with Crippen molar-refractivity contribution in [3.8, 4) is 11.1 Å². The molecule has 6 heteroatoms. The van der Waals surface area contributed by atoms with Crippen molar-refractivity contribution in [2.45, 2.75) is 70.9 Å². The number of carbonyl (C=O) groups is 1. The molecular weight excluding hydrogens is 474 g/mol. The molecule has 2 aromatic rings. The number of ether oxygens (including phenoxy) is 1. The first-order valence-electron chi connectivity index (χ1n) is 14.4. The lowest BCUT2D eigenvalue weighted by Crippen LogP contribution is -2.54. The Morgan fingerprint density at radius 1 is 1.16 bits per heavy atom. The van der Waals surface area contributed by atoms with Gasteiger partial charge in [-0.3, -0.25) is 0 Å². The highest BCUT2D eigenvalue weighted by Gasteiger charge is 2.42. The first-order valence-corrected chi connectivity index (χ1v) is 14.4.